The van der Waals surface area contributed by atoms with Crippen molar-refractivity contribution in [1.29, 1.82) is 0 Å². The van der Waals surface area contributed by atoms with Crippen molar-refractivity contribution in [2.45, 2.75) is 31.1 Å². The predicted octanol–water partition coefficient (Wildman–Crippen LogP) is 1.91. The summed E-state index contributed by atoms with van der Waals surface area (Å²) >= 11 is 0. The zero-order chi connectivity index (χ0) is 18.6. The van der Waals surface area contributed by atoms with E-state index < -0.39 is 16.2 Å². The lowest BCUT2D eigenvalue weighted by molar-refractivity contribution is 0.0628. The van der Waals surface area contributed by atoms with Gasteiger partial charge in [0.05, 0.1) is 4.90 Å². The van der Waals surface area contributed by atoms with Crippen LogP contribution < -0.4 is 5.32 Å². The average molecular weight is 382 g/mol. The Labute approximate surface area is 154 Å². The minimum Gasteiger partial charge on any atom is -0.447 e. The Morgan fingerprint density at radius 3 is 2.46 bits per heavy atom. The van der Waals surface area contributed by atoms with Crippen LogP contribution in [0.25, 0.3) is 0 Å². The van der Waals surface area contributed by atoms with E-state index in [1.54, 1.807) is 17.0 Å². The second-order valence-corrected chi connectivity index (χ2v) is 8.73. The summed E-state index contributed by atoms with van der Waals surface area (Å²) in [7, 11) is -3.83. The summed E-state index contributed by atoms with van der Waals surface area (Å²) < 4.78 is 34.2. The monoisotopic (exact) mass is 382 g/mol. The lowest BCUT2D eigenvalue weighted by Gasteiger charge is -2.38. The Hall–Kier alpha value is -1.64. The van der Waals surface area contributed by atoms with E-state index in [0.29, 0.717) is 18.5 Å². The maximum Gasteiger partial charge on any atom is 0.409 e. The first kappa shape index (κ1) is 19.1. The van der Waals surface area contributed by atoms with Crippen molar-refractivity contribution < 1.29 is 22.1 Å². The number of amides is 1. The van der Waals surface area contributed by atoms with Crippen LogP contribution >= 0.6 is 0 Å². The third kappa shape index (κ3) is 4.55. The van der Waals surface area contributed by atoms with Gasteiger partial charge in [-0.2, -0.15) is 8.42 Å². The molecule has 0 saturated carbocycles. The highest BCUT2D eigenvalue weighted by Gasteiger charge is 2.38. The molecule has 0 unspecified atom stereocenters. The van der Waals surface area contributed by atoms with Crippen molar-refractivity contribution in [3.05, 3.63) is 29.8 Å². The van der Waals surface area contributed by atoms with Crippen LogP contribution in [0, 0.1) is 12.3 Å². The van der Waals surface area contributed by atoms with Crippen LogP contribution in [0.15, 0.2) is 29.2 Å². The second kappa shape index (κ2) is 7.94. The van der Waals surface area contributed by atoms with Crippen LogP contribution in [-0.4, -0.2) is 58.8 Å². The summed E-state index contributed by atoms with van der Waals surface area (Å²) in [5.74, 6) is 0. The smallest absolute Gasteiger partial charge is 0.409 e. The SMILES string of the molecule is Cc1ccc(S(=O)(=O)OCCOC(=O)N2CCC3(CCNC3)CC2)cc1. The molecule has 0 radical (unpaired) electrons. The molecule has 0 bridgehead atoms. The Morgan fingerprint density at radius 1 is 1.15 bits per heavy atom. The van der Waals surface area contributed by atoms with Crippen molar-refractivity contribution in [3.8, 4) is 0 Å². The number of benzene rings is 1. The highest BCUT2D eigenvalue weighted by molar-refractivity contribution is 7.86. The van der Waals surface area contributed by atoms with Gasteiger partial charge < -0.3 is 15.0 Å². The van der Waals surface area contributed by atoms with Crippen molar-refractivity contribution in [2.75, 3.05) is 39.4 Å². The standard InChI is InChI=1S/C18H26N2O5S/c1-15-2-4-16(5-3-15)26(22,23)25-13-12-24-17(21)20-10-7-18(8-11-20)6-9-19-14-18/h2-5,19H,6-14H2,1H3. The molecular weight excluding hydrogens is 356 g/mol. The number of likely N-dealkylation sites (tertiary alicyclic amines) is 1. The van der Waals surface area contributed by atoms with Crippen molar-refractivity contribution >= 4 is 16.2 Å². The van der Waals surface area contributed by atoms with Gasteiger partial charge in [0.2, 0.25) is 0 Å². The number of aryl methyl sites for hydroxylation is 1. The molecule has 3 rings (SSSR count). The van der Waals surface area contributed by atoms with Crippen molar-refractivity contribution in [3.63, 3.8) is 0 Å². The summed E-state index contributed by atoms with van der Waals surface area (Å²) in [5.41, 5.74) is 1.30. The summed E-state index contributed by atoms with van der Waals surface area (Å²) in [6, 6.07) is 6.41. The van der Waals surface area contributed by atoms with E-state index in [9.17, 15) is 13.2 Å². The second-order valence-electron chi connectivity index (χ2n) is 7.12. The van der Waals surface area contributed by atoms with Gasteiger partial charge in [-0.25, -0.2) is 4.79 Å². The van der Waals surface area contributed by atoms with Crippen LogP contribution in [0.3, 0.4) is 0 Å². The summed E-state index contributed by atoms with van der Waals surface area (Å²) in [6.45, 7) is 5.04. The van der Waals surface area contributed by atoms with Gasteiger partial charge in [0.15, 0.2) is 0 Å². The third-order valence-corrected chi connectivity index (χ3v) is 6.60. The fraction of sp³-hybridized carbons (Fsp3) is 0.611. The summed E-state index contributed by atoms with van der Waals surface area (Å²) in [5, 5.41) is 3.39. The first-order chi connectivity index (χ1) is 12.4. The number of ether oxygens (including phenoxy) is 1. The molecule has 0 aromatic heterocycles. The van der Waals surface area contributed by atoms with Gasteiger partial charge in [-0.3, -0.25) is 4.18 Å². The van der Waals surface area contributed by atoms with E-state index in [-0.39, 0.29) is 18.1 Å². The minimum atomic E-state index is -3.83. The number of nitrogens with zero attached hydrogens (tertiary/aromatic N) is 1. The lowest BCUT2D eigenvalue weighted by atomic mass is 9.78. The van der Waals surface area contributed by atoms with Crippen LogP contribution in [0.1, 0.15) is 24.8 Å². The largest absolute Gasteiger partial charge is 0.447 e. The zero-order valence-corrected chi connectivity index (χ0v) is 15.9. The molecular formula is C18H26N2O5S. The molecule has 2 aliphatic heterocycles. The number of piperidine rings is 1. The van der Waals surface area contributed by atoms with E-state index in [1.165, 1.54) is 18.6 Å². The molecule has 0 atom stereocenters. The first-order valence-electron chi connectivity index (χ1n) is 8.99. The minimum absolute atomic E-state index is 0.0902. The number of carbonyl (C=O) groups is 1. The molecule has 0 aliphatic carbocycles. The van der Waals surface area contributed by atoms with E-state index >= 15 is 0 Å². The Bertz CT molecular complexity index is 716. The number of rotatable bonds is 5. The Balaban J connectivity index is 1.39. The molecule has 1 aromatic rings. The topological polar surface area (TPSA) is 84.9 Å². The van der Waals surface area contributed by atoms with E-state index in [0.717, 1.165) is 31.5 Å². The first-order valence-corrected chi connectivity index (χ1v) is 10.4. The number of carbonyl (C=O) groups excluding carboxylic acids is 1. The average Bonchev–Trinajstić information content (AvgIpc) is 3.07. The van der Waals surface area contributed by atoms with E-state index in [2.05, 4.69) is 5.32 Å². The van der Waals surface area contributed by atoms with E-state index in [4.69, 9.17) is 8.92 Å². The number of hydrogen-bond acceptors (Lipinski definition) is 6. The Morgan fingerprint density at radius 2 is 1.85 bits per heavy atom. The molecule has 7 nitrogen and oxygen atoms in total. The Kier molecular flexibility index (Phi) is 5.84. The molecule has 2 saturated heterocycles. The van der Waals surface area contributed by atoms with Crippen LogP contribution in [-0.2, 0) is 19.0 Å². The molecule has 2 aliphatic rings. The van der Waals surface area contributed by atoms with Crippen molar-refractivity contribution in [1.82, 2.24) is 10.2 Å². The quantitative estimate of drug-likeness (QED) is 0.619. The van der Waals surface area contributed by atoms with E-state index in [1.807, 2.05) is 6.92 Å². The fourth-order valence-electron chi connectivity index (χ4n) is 3.52. The van der Waals surface area contributed by atoms with Crippen molar-refractivity contribution in [2.24, 2.45) is 5.41 Å². The molecule has 1 spiro atoms. The zero-order valence-electron chi connectivity index (χ0n) is 15.1. The molecule has 8 heteroatoms. The molecule has 1 amide bonds. The van der Waals surface area contributed by atoms with Crippen LogP contribution in [0.4, 0.5) is 4.79 Å². The highest BCUT2D eigenvalue weighted by atomic mass is 32.2. The van der Waals surface area contributed by atoms with Gasteiger partial charge in [-0.1, -0.05) is 17.7 Å². The summed E-state index contributed by atoms with van der Waals surface area (Å²) in [6.07, 6.45) is 2.73. The number of nitrogens with one attached hydrogen (secondary N) is 1. The lowest BCUT2D eigenvalue weighted by Crippen LogP contribution is -2.44. The predicted molar refractivity (Wildman–Crippen MR) is 96.4 cm³/mol. The highest BCUT2D eigenvalue weighted by Crippen LogP contribution is 2.36. The van der Waals surface area contributed by atoms with Crippen LogP contribution in [0.5, 0.6) is 0 Å². The maximum atomic E-state index is 12.1. The van der Waals surface area contributed by atoms with Gasteiger partial charge in [-0.05, 0) is 50.3 Å². The molecule has 1 aromatic carbocycles. The molecule has 144 valence electrons. The normalized spacial score (nSPS) is 19.7. The molecule has 2 heterocycles. The molecule has 2 fully saturated rings. The van der Waals surface area contributed by atoms with Gasteiger partial charge >= 0.3 is 6.09 Å². The van der Waals surface area contributed by atoms with Gasteiger partial charge in [0, 0.05) is 19.6 Å². The molecule has 1 N–H and O–H groups in total. The third-order valence-electron chi connectivity index (χ3n) is 5.27. The fourth-order valence-corrected chi connectivity index (χ4v) is 4.42. The molecule has 26 heavy (non-hydrogen) atoms. The van der Waals surface area contributed by atoms with Gasteiger partial charge in [0.25, 0.3) is 10.1 Å². The van der Waals surface area contributed by atoms with Gasteiger partial charge in [0.1, 0.15) is 13.2 Å². The van der Waals surface area contributed by atoms with Gasteiger partial charge in [-0.15, -0.1) is 0 Å². The summed E-state index contributed by atoms with van der Waals surface area (Å²) in [4.78, 5) is 13.9. The van der Waals surface area contributed by atoms with Crippen LogP contribution in [0.2, 0.25) is 0 Å². The maximum absolute atomic E-state index is 12.1. The number of hydrogen-bond donors (Lipinski definition) is 1.